The largest absolute Gasteiger partial charge is 0.492 e. The molecule has 2 fully saturated rings. The minimum atomic E-state index is -1.07. The molecule has 1 saturated heterocycles. The number of aliphatic hydroxyl groups is 2. The summed E-state index contributed by atoms with van der Waals surface area (Å²) in [4.78, 5) is 27.2. The summed E-state index contributed by atoms with van der Waals surface area (Å²) in [5.41, 5.74) is -0.932. The topological polar surface area (TPSA) is 123 Å². The highest BCUT2D eigenvalue weighted by Gasteiger charge is 2.34. The quantitative estimate of drug-likeness (QED) is 0.617. The number of hydrogen-bond donors (Lipinski definition) is 3. The van der Waals surface area contributed by atoms with Crippen molar-refractivity contribution in [3.05, 3.63) is 33.0 Å². The molecule has 0 unspecified atom stereocenters. The molecule has 9 heteroatoms. The molecule has 0 amide bonds. The van der Waals surface area contributed by atoms with E-state index in [-0.39, 0.29) is 12.6 Å². The van der Waals surface area contributed by atoms with E-state index in [9.17, 15) is 19.8 Å². The van der Waals surface area contributed by atoms with E-state index in [1.807, 2.05) is 4.90 Å². The second-order valence-electron chi connectivity index (χ2n) is 7.44. The number of benzene rings is 1. The zero-order valence-electron chi connectivity index (χ0n) is 15.2. The number of methoxy groups -OCH3 is 1. The molecule has 2 aliphatic rings. The van der Waals surface area contributed by atoms with Crippen molar-refractivity contribution in [3.8, 4) is 5.75 Å². The van der Waals surface area contributed by atoms with Gasteiger partial charge in [0.1, 0.15) is 5.52 Å². The molecule has 4 N–H and O–H groups in total. The lowest BCUT2D eigenvalue weighted by Gasteiger charge is -2.38. The third-order valence-corrected chi connectivity index (χ3v) is 5.66. The van der Waals surface area contributed by atoms with Crippen molar-refractivity contribution >= 4 is 16.6 Å². The van der Waals surface area contributed by atoms with Crippen LogP contribution in [0.25, 0.3) is 10.9 Å². The maximum absolute atomic E-state index is 12.6. The number of aliphatic hydroxyl groups excluding tert-OH is 1. The number of fused-ring (bicyclic) bond motifs is 1. The number of rotatable bonds is 4. The number of nitrogens with two attached hydrogens (primary N) is 1. The van der Waals surface area contributed by atoms with Gasteiger partial charge >= 0.3 is 5.69 Å². The second kappa shape index (κ2) is 6.28. The second-order valence-corrected chi connectivity index (χ2v) is 7.44. The van der Waals surface area contributed by atoms with Gasteiger partial charge in [-0.25, -0.2) is 4.79 Å². The Bertz CT molecular complexity index is 999. The Hall–Kier alpha value is -2.52. The molecule has 27 heavy (non-hydrogen) atoms. The highest BCUT2D eigenvalue weighted by Crippen LogP contribution is 2.41. The first-order valence-electron chi connectivity index (χ1n) is 9.12. The first-order valence-corrected chi connectivity index (χ1v) is 9.12. The number of piperidine rings is 1. The molecule has 4 rings (SSSR count). The van der Waals surface area contributed by atoms with E-state index in [1.54, 1.807) is 16.7 Å². The zero-order valence-corrected chi connectivity index (χ0v) is 15.2. The highest BCUT2D eigenvalue weighted by molar-refractivity contribution is 5.90. The average molecular weight is 376 g/mol. The molecule has 1 aliphatic heterocycles. The molecule has 9 nitrogen and oxygen atoms in total. The number of aromatic nitrogens is 2. The van der Waals surface area contributed by atoms with Gasteiger partial charge in [0.25, 0.3) is 5.56 Å². The molecule has 1 saturated carbocycles. The van der Waals surface area contributed by atoms with Crippen LogP contribution in [-0.2, 0) is 0 Å². The van der Waals surface area contributed by atoms with Crippen molar-refractivity contribution in [2.45, 2.75) is 37.3 Å². The van der Waals surface area contributed by atoms with Gasteiger partial charge in [-0.2, -0.15) is 4.68 Å². The van der Waals surface area contributed by atoms with Crippen LogP contribution in [0.1, 0.15) is 31.7 Å². The van der Waals surface area contributed by atoms with Crippen LogP contribution in [0.4, 0.5) is 5.69 Å². The van der Waals surface area contributed by atoms with Gasteiger partial charge in [0.2, 0.25) is 0 Å². The van der Waals surface area contributed by atoms with Crippen molar-refractivity contribution in [3.63, 3.8) is 0 Å². The Balaban J connectivity index is 1.89. The molecule has 1 aromatic carbocycles. The predicted molar refractivity (Wildman–Crippen MR) is 101 cm³/mol. The summed E-state index contributed by atoms with van der Waals surface area (Å²) in [6.07, 6.45) is 2.55. The van der Waals surface area contributed by atoms with Gasteiger partial charge in [-0.15, -0.1) is 0 Å². The molecule has 0 atom stereocenters. The summed E-state index contributed by atoms with van der Waals surface area (Å²) in [7, 11) is 1.52. The predicted octanol–water partition coefficient (Wildman–Crippen LogP) is -0.456. The molecule has 0 spiro atoms. The van der Waals surface area contributed by atoms with E-state index in [4.69, 9.17) is 10.6 Å². The Morgan fingerprint density at radius 3 is 2.48 bits per heavy atom. The Morgan fingerprint density at radius 2 is 1.93 bits per heavy atom. The summed E-state index contributed by atoms with van der Waals surface area (Å²) in [6.45, 7) is 0.786. The maximum atomic E-state index is 12.6. The van der Waals surface area contributed by atoms with Gasteiger partial charge in [-0.1, -0.05) is 0 Å². The molecule has 2 aromatic rings. The molecule has 146 valence electrons. The first kappa shape index (κ1) is 17.9. The van der Waals surface area contributed by atoms with E-state index in [2.05, 4.69) is 0 Å². The summed E-state index contributed by atoms with van der Waals surface area (Å²) in [6, 6.07) is 3.47. The van der Waals surface area contributed by atoms with E-state index in [0.717, 1.165) is 18.5 Å². The van der Waals surface area contributed by atoms with Crippen molar-refractivity contribution < 1.29 is 14.9 Å². The smallest absolute Gasteiger partial charge is 0.350 e. The van der Waals surface area contributed by atoms with Crippen LogP contribution in [0.2, 0.25) is 0 Å². The summed E-state index contributed by atoms with van der Waals surface area (Å²) >= 11 is 0. The number of anilines is 1. The fourth-order valence-electron chi connectivity index (χ4n) is 3.84. The van der Waals surface area contributed by atoms with E-state index < -0.39 is 16.9 Å². The van der Waals surface area contributed by atoms with Crippen LogP contribution >= 0.6 is 0 Å². The lowest BCUT2D eigenvalue weighted by molar-refractivity contribution is -0.0326. The Morgan fingerprint density at radius 1 is 1.26 bits per heavy atom. The fourth-order valence-corrected chi connectivity index (χ4v) is 3.84. The van der Waals surface area contributed by atoms with Crippen LogP contribution in [0.3, 0.4) is 0 Å². The van der Waals surface area contributed by atoms with Gasteiger partial charge in [0.05, 0.1) is 30.4 Å². The molecule has 1 aliphatic carbocycles. The van der Waals surface area contributed by atoms with Crippen molar-refractivity contribution in [2.24, 2.45) is 0 Å². The monoisotopic (exact) mass is 376 g/mol. The van der Waals surface area contributed by atoms with Crippen molar-refractivity contribution in [2.75, 3.05) is 37.5 Å². The van der Waals surface area contributed by atoms with Gasteiger partial charge in [0, 0.05) is 19.1 Å². The average Bonchev–Trinajstić information content (AvgIpc) is 3.51. The minimum absolute atomic E-state index is 0.0142. The third kappa shape index (κ3) is 2.78. The zero-order chi connectivity index (χ0) is 19.3. The third-order valence-electron chi connectivity index (χ3n) is 5.66. The van der Waals surface area contributed by atoms with Gasteiger partial charge in [-0.3, -0.25) is 9.36 Å². The molecular formula is C18H24N4O5. The Labute approximate surface area is 155 Å². The lowest BCUT2D eigenvalue weighted by atomic mass is 9.92. The van der Waals surface area contributed by atoms with Crippen LogP contribution in [0.15, 0.2) is 21.7 Å². The molecule has 0 radical (unpaired) electrons. The van der Waals surface area contributed by atoms with Crippen LogP contribution in [0, 0.1) is 0 Å². The Kier molecular flexibility index (Phi) is 4.15. The van der Waals surface area contributed by atoms with Gasteiger partial charge in [-0.05, 0) is 37.8 Å². The van der Waals surface area contributed by atoms with Gasteiger partial charge < -0.3 is 25.7 Å². The maximum Gasteiger partial charge on any atom is 0.350 e. The molecule has 1 aromatic heterocycles. The summed E-state index contributed by atoms with van der Waals surface area (Å²) in [5.74, 6) is 6.16. The molecule has 2 heterocycles. The summed E-state index contributed by atoms with van der Waals surface area (Å²) in [5, 5.41) is 20.0. The van der Waals surface area contributed by atoms with E-state index >= 15 is 0 Å². The van der Waals surface area contributed by atoms with Gasteiger partial charge in [0.15, 0.2) is 5.75 Å². The van der Waals surface area contributed by atoms with Crippen molar-refractivity contribution in [1.29, 1.82) is 0 Å². The number of ether oxygens (including phenoxy) is 1. The highest BCUT2D eigenvalue weighted by atomic mass is 16.5. The van der Waals surface area contributed by atoms with Crippen LogP contribution in [-0.4, -0.2) is 51.9 Å². The fraction of sp³-hybridized carbons (Fsp3) is 0.556. The van der Waals surface area contributed by atoms with Crippen LogP contribution < -0.4 is 26.7 Å². The van der Waals surface area contributed by atoms with Crippen molar-refractivity contribution in [1.82, 2.24) is 9.24 Å². The normalized spacial score (nSPS) is 19.4. The van der Waals surface area contributed by atoms with E-state index in [1.165, 1.54) is 7.11 Å². The standard InChI is InChI=1S/C18H24N4O5/c1-27-15-13(20-8-6-18(26,10-23)7-9-20)5-4-12-14(15)21(11-2-3-11)17(25)22(19)16(12)24/h4-5,11,23,26H,2-3,6-10,19H2,1H3. The number of hydrogen-bond acceptors (Lipinski definition) is 7. The SMILES string of the molecule is COc1c(N2CCC(O)(CO)CC2)ccc2c(=O)n(N)c(=O)n(C3CC3)c12. The number of nitrogens with zero attached hydrogens (tertiary/aromatic N) is 3. The first-order chi connectivity index (χ1) is 12.9. The summed E-state index contributed by atoms with van der Waals surface area (Å²) < 4.78 is 7.87. The van der Waals surface area contributed by atoms with E-state index in [0.29, 0.717) is 47.3 Å². The molecule has 0 bridgehead atoms. The lowest BCUT2D eigenvalue weighted by Crippen LogP contribution is -2.47. The minimum Gasteiger partial charge on any atom is -0.492 e. The number of nitrogen functional groups attached to an aromatic ring is 1. The van der Waals surface area contributed by atoms with Crippen LogP contribution in [0.5, 0.6) is 5.75 Å². The molecular weight excluding hydrogens is 352 g/mol.